The Labute approximate surface area is 210 Å². The highest BCUT2D eigenvalue weighted by Crippen LogP contribution is 2.25. The molecule has 2 aromatic rings. The Balaban J connectivity index is 1.72. The van der Waals surface area contributed by atoms with Crippen LogP contribution in [0.4, 0.5) is 4.39 Å². The molecule has 0 unspecified atom stereocenters. The summed E-state index contributed by atoms with van der Waals surface area (Å²) in [5.74, 6) is 0.460. The average molecular weight is 507 g/mol. The molecule has 0 aliphatic heterocycles. The highest BCUT2D eigenvalue weighted by atomic mass is 35.5. The lowest BCUT2D eigenvalue weighted by atomic mass is 10.1. The number of methoxy groups -OCH3 is 1. The molecule has 3 rings (SSSR count). The van der Waals surface area contributed by atoms with Crippen molar-refractivity contribution in [2.24, 2.45) is 0 Å². The molecule has 0 saturated heterocycles. The highest BCUT2D eigenvalue weighted by Gasteiger charge is 2.30. The fourth-order valence-corrected chi connectivity index (χ4v) is 5.46. The number of ether oxygens (including phenoxy) is 1. The van der Waals surface area contributed by atoms with Crippen LogP contribution in [-0.4, -0.2) is 41.7 Å². The second-order valence-corrected chi connectivity index (χ2v) is 9.87. The van der Waals surface area contributed by atoms with Crippen molar-refractivity contribution < 1.29 is 18.7 Å². The summed E-state index contributed by atoms with van der Waals surface area (Å²) in [6, 6.07) is 11.6. The summed E-state index contributed by atoms with van der Waals surface area (Å²) < 4.78 is 19.3. The van der Waals surface area contributed by atoms with Gasteiger partial charge in [0.15, 0.2) is 0 Å². The third-order valence-electron chi connectivity index (χ3n) is 6.13. The monoisotopic (exact) mass is 506 g/mol. The van der Waals surface area contributed by atoms with Crippen LogP contribution in [0.25, 0.3) is 0 Å². The number of halogens is 2. The molecule has 0 aromatic heterocycles. The molecular weight excluding hydrogens is 475 g/mol. The maximum absolute atomic E-state index is 14.1. The molecular formula is C26H32ClFN2O3S. The Morgan fingerprint density at radius 2 is 1.91 bits per heavy atom. The molecule has 1 aliphatic carbocycles. The number of nitrogens with one attached hydrogen (secondary N) is 1. The van der Waals surface area contributed by atoms with Crippen LogP contribution in [0.2, 0.25) is 5.02 Å². The van der Waals surface area contributed by atoms with E-state index < -0.39 is 6.04 Å². The molecule has 1 N–H and O–H groups in total. The first kappa shape index (κ1) is 26.4. The Bertz CT molecular complexity index is 947. The molecule has 0 heterocycles. The van der Waals surface area contributed by atoms with Crippen molar-refractivity contribution in [2.75, 3.05) is 12.9 Å². The second-order valence-electron chi connectivity index (χ2n) is 8.48. The summed E-state index contributed by atoms with van der Waals surface area (Å²) in [6.45, 7) is 2.22. The number of hydrogen-bond donors (Lipinski definition) is 1. The molecule has 0 bridgehead atoms. The quantitative estimate of drug-likeness (QED) is 0.432. The van der Waals surface area contributed by atoms with Gasteiger partial charge in [-0.3, -0.25) is 9.59 Å². The molecule has 1 saturated carbocycles. The van der Waals surface area contributed by atoms with Gasteiger partial charge in [0.2, 0.25) is 11.8 Å². The standard InChI is InChI=1S/C26H32ClFN2O3S/c1-3-24(26(32)29-19-7-4-5-8-19)30(15-18-11-13-20(33-2)14-12-18)25(31)17-34-16-21-22(27)9-6-10-23(21)28/h6,9-14,19,24H,3-5,7-8,15-17H2,1-2H3,(H,29,32)/t24-/m1/s1. The fourth-order valence-electron chi connectivity index (χ4n) is 4.21. The second kappa shape index (κ2) is 13.0. The van der Waals surface area contributed by atoms with Crippen molar-refractivity contribution in [3.63, 3.8) is 0 Å². The van der Waals surface area contributed by atoms with E-state index in [9.17, 15) is 14.0 Å². The van der Waals surface area contributed by atoms with E-state index in [4.69, 9.17) is 16.3 Å². The van der Waals surface area contributed by atoms with Crippen LogP contribution in [0.3, 0.4) is 0 Å². The number of amides is 2. The Kier molecular flexibility index (Phi) is 10.1. The molecule has 2 amide bonds. The minimum atomic E-state index is -0.576. The maximum atomic E-state index is 14.1. The lowest BCUT2D eigenvalue weighted by Crippen LogP contribution is -2.51. The molecule has 2 aromatic carbocycles. The lowest BCUT2D eigenvalue weighted by Gasteiger charge is -2.31. The van der Waals surface area contributed by atoms with Gasteiger partial charge in [-0.2, -0.15) is 0 Å². The first-order chi connectivity index (χ1) is 16.4. The normalized spacial score (nSPS) is 14.6. The molecule has 1 fully saturated rings. The van der Waals surface area contributed by atoms with Crippen molar-refractivity contribution in [1.29, 1.82) is 0 Å². The predicted molar refractivity (Wildman–Crippen MR) is 136 cm³/mol. The van der Waals surface area contributed by atoms with Crippen molar-refractivity contribution in [2.45, 2.75) is 63.4 Å². The van der Waals surface area contributed by atoms with Crippen LogP contribution in [0.1, 0.15) is 50.2 Å². The number of nitrogens with zero attached hydrogens (tertiary/aromatic N) is 1. The van der Waals surface area contributed by atoms with Crippen molar-refractivity contribution in [3.8, 4) is 5.75 Å². The molecule has 0 radical (unpaired) electrons. The lowest BCUT2D eigenvalue weighted by molar-refractivity contribution is -0.139. The molecule has 34 heavy (non-hydrogen) atoms. The van der Waals surface area contributed by atoms with E-state index in [2.05, 4.69) is 5.32 Å². The SMILES string of the molecule is CC[C@H](C(=O)NC1CCCC1)N(Cc1ccc(OC)cc1)C(=O)CSCc1c(F)cccc1Cl. The number of carbonyl (C=O) groups excluding carboxylic acids is 2. The fraction of sp³-hybridized carbons (Fsp3) is 0.462. The summed E-state index contributed by atoms with van der Waals surface area (Å²) in [7, 11) is 1.60. The van der Waals surface area contributed by atoms with Crippen LogP contribution >= 0.6 is 23.4 Å². The minimum absolute atomic E-state index is 0.113. The Morgan fingerprint density at radius 1 is 1.21 bits per heavy atom. The van der Waals surface area contributed by atoms with Crippen molar-refractivity contribution in [1.82, 2.24) is 10.2 Å². The van der Waals surface area contributed by atoms with Gasteiger partial charge in [0.05, 0.1) is 12.9 Å². The van der Waals surface area contributed by atoms with Gasteiger partial charge in [-0.05, 0) is 49.1 Å². The van der Waals surface area contributed by atoms with Gasteiger partial charge in [0, 0.05) is 28.9 Å². The third kappa shape index (κ3) is 7.12. The van der Waals surface area contributed by atoms with Crippen molar-refractivity contribution >= 4 is 35.2 Å². The van der Waals surface area contributed by atoms with E-state index in [0.717, 1.165) is 37.0 Å². The maximum Gasteiger partial charge on any atom is 0.243 e. The zero-order valence-corrected chi connectivity index (χ0v) is 21.3. The van der Waals surface area contributed by atoms with Gasteiger partial charge in [0.1, 0.15) is 17.6 Å². The summed E-state index contributed by atoms with van der Waals surface area (Å²) in [5.41, 5.74) is 1.29. The van der Waals surface area contributed by atoms with E-state index in [1.807, 2.05) is 31.2 Å². The smallest absolute Gasteiger partial charge is 0.243 e. The van der Waals surface area contributed by atoms with Crippen molar-refractivity contribution in [3.05, 3.63) is 64.4 Å². The third-order valence-corrected chi connectivity index (χ3v) is 7.43. The predicted octanol–water partition coefficient (Wildman–Crippen LogP) is 5.59. The summed E-state index contributed by atoms with van der Waals surface area (Å²) in [5, 5.41) is 3.48. The van der Waals surface area contributed by atoms with E-state index in [1.165, 1.54) is 17.8 Å². The first-order valence-electron chi connectivity index (χ1n) is 11.7. The Hall–Kier alpha value is -2.25. The molecule has 0 spiro atoms. The van der Waals surface area contributed by atoms with Gasteiger partial charge in [-0.25, -0.2) is 4.39 Å². The minimum Gasteiger partial charge on any atom is -0.497 e. The van der Waals surface area contributed by atoms with Crippen LogP contribution in [0, 0.1) is 5.82 Å². The number of hydrogen-bond acceptors (Lipinski definition) is 4. The number of rotatable bonds is 11. The average Bonchev–Trinajstić information content (AvgIpc) is 3.34. The van der Waals surface area contributed by atoms with Gasteiger partial charge >= 0.3 is 0 Å². The Morgan fingerprint density at radius 3 is 2.53 bits per heavy atom. The number of carbonyl (C=O) groups is 2. The van der Waals surface area contributed by atoms with Gasteiger partial charge < -0.3 is 15.0 Å². The van der Waals surface area contributed by atoms with E-state index in [-0.39, 0.29) is 35.2 Å². The first-order valence-corrected chi connectivity index (χ1v) is 13.2. The molecule has 8 heteroatoms. The highest BCUT2D eigenvalue weighted by molar-refractivity contribution is 7.99. The van der Waals surface area contributed by atoms with E-state index >= 15 is 0 Å². The van der Waals surface area contributed by atoms with Gasteiger partial charge in [0.25, 0.3) is 0 Å². The van der Waals surface area contributed by atoms with Crippen LogP contribution in [0.5, 0.6) is 5.75 Å². The van der Waals surface area contributed by atoms with Gasteiger partial charge in [-0.1, -0.05) is 49.6 Å². The molecule has 1 aliphatic rings. The zero-order chi connectivity index (χ0) is 24.5. The number of benzene rings is 2. The zero-order valence-electron chi connectivity index (χ0n) is 19.7. The van der Waals surface area contributed by atoms with Gasteiger partial charge in [-0.15, -0.1) is 11.8 Å². The largest absolute Gasteiger partial charge is 0.497 e. The topological polar surface area (TPSA) is 58.6 Å². The van der Waals surface area contributed by atoms with Crippen LogP contribution in [0.15, 0.2) is 42.5 Å². The van der Waals surface area contributed by atoms with Crippen LogP contribution in [-0.2, 0) is 21.9 Å². The summed E-state index contributed by atoms with van der Waals surface area (Å²) in [4.78, 5) is 28.1. The van der Waals surface area contributed by atoms with E-state index in [1.54, 1.807) is 24.1 Å². The molecule has 1 atom stereocenters. The molecule has 184 valence electrons. The summed E-state index contributed by atoms with van der Waals surface area (Å²) in [6.07, 6.45) is 4.70. The number of thioether (sulfide) groups is 1. The van der Waals surface area contributed by atoms with E-state index in [0.29, 0.717) is 23.6 Å². The molecule has 5 nitrogen and oxygen atoms in total. The van der Waals surface area contributed by atoms with Crippen LogP contribution < -0.4 is 10.1 Å². The summed E-state index contributed by atoms with van der Waals surface area (Å²) >= 11 is 7.42.